The van der Waals surface area contributed by atoms with E-state index in [-0.39, 0.29) is 11.9 Å². The molecule has 2 N–H and O–H groups in total. The second kappa shape index (κ2) is 6.29. The van der Waals surface area contributed by atoms with Crippen molar-refractivity contribution in [1.29, 1.82) is 0 Å². The van der Waals surface area contributed by atoms with Crippen LogP contribution in [0.1, 0.15) is 25.6 Å². The van der Waals surface area contributed by atoms with Crippen molar-refractivity contribution in [3.8, 4) is 0 Å². The zero-order valence-electron chi connectivity index (χ0n) is 11.5. The van der Waals surface area contributed by atoms with Crippen molar-refractivity contribution in [1.82, 2.24) is 14.3 Å². The first-order chi connectivity index (χ1) is 9.06. The van der Waals surface area contributed by atoms with Gasteiger partial charge < -0.3 is 15.5 Å². The molecule has 2 rings (SSSR count). The lowest BCUT2D eigenvalue weighted by atomic mass is 10.1. The summed E-state index contributed by atoms with van der Waals surface area (Å²) in [5, 5.41) is 0.958. The highest BCUT2D eigenvalue weighted by Crippen LogP contribution is 2.18. The van der Waals surface area contributed by atoms with Crippen LogP contribution in [0.15, 0.2) is 0 Å². The predicted molar refractivity (Wildman–Crippen MR) is 76.3 cm³/mol. The molecule has 19 heavy (non-hydrogen) atoms. The number of anilines is 1. The van der Waals surface area contributed by atoms with E-state index in [0.29, 0.717) is 6.42 Å². The van der Waals surface area contributed by atoms with Gasteiger partial charge in [-0.2, -0.15) is 4.37 Å². The van der Waals surface area contributed by atoms with E-state index >= 15 is 0 Å². The SMILES string of the molecule is Cc1nsc(N2CCN(C(=O)CCC(C)N)CC2)n1. The number of rotatable bonds is 4. The molecule has 1 aromatic rings. The van der Waals surface area contributed by atoms with Crippen LogP contribution < -0.4 is 10.6 Å². The van der Waals surface area contributed by atoms with E-state index in [4.69, 9.17) is 5.73 Å². The fourth-order valence-corrected chi connectivity index (χ4v) is 2.80. The Kier molecular flexibility index (Phi) is 4.71. The van der Waals surface area contributed by atoms with E-state index in [2.05, 4.69) is 14.3 Å². The molecule has 0 aromatic carbocycles. The number of amides is 1. The van der Waals surface area contributed by atoms with E-state index in [0.717, 1.165) is 43.6 Å². The van der Waals surface area contributed by atoms with Crippen LogP contribution in [0.3, 0.4) is 0 Å². The highest BCUT2D eigenvalue weighted by atomic mass is 32.1. The Morgan fingerprint density at radius 1 is 1.42 bits per heavy atom. The molecule has 1 saturated heterocycles. The summed E-state index contributed by atoms with van der Waals surface area (Å²) in [7, 11) is 0. The minimum absolute atomic E-state index is 0.0922. The van der Waals surface area contributed by atoms with Gasteiger partial charge in [0.05, 0.1) is 0 Å². The third-order valence-electron chi connectivity index (χ3n) is 3.23. The van der Waals surface area contributed by atoms with Crippen LogP contribution in [-0.4, -0.2) is 52.4 Å². The van der Waals surface area contributed by atoms with Crippen LogP contribution in [0.2, 0.25) is 0 Å². The summed E-state index contributed by atoms with van der Waals surface area (Å²) < 4.78 is 4.19. The lowest BCUT2D eigenvalue weighted by Gasteiger charge is -2.34. The number of carbonyl (C=O) groups is 1. The molecule has 106 valence electrons. The van der Waals surface area contributed by atoms with Gasteiger partial charge in [0.2, 0.25) is 11.0 Å². The van der Waals surface area contributed by atoms with Crippen molar-refractivity contribution in [3.05, 3.63) is 5.82 Å². The Hall–Kier alpha value is -1.21. The number of nitrogens with two attached hydrogens (primary N) is 1. The van der Waals surface area contributed by atoms with Gasteiger partial charge in [0.1, 0.15) is 5.82 Å². The maximum atomic E-state index is 12.0. The van der Waals surface area contributed by atoms with Crippen LogP contribution in [0.5, 0.6) is 0 Å². The second-order valence-electron chi connectivity index (χ2n) is 5.01. The first-order valence-electron chi connectivity index (χ1n) is 6.65. The van der Waals surface area contributed by atoms with E-state index in [1.807, 2.05) is 18.7 Å². The molecule has 0 aliphatic carbocycles. The van der Waals surface area contributed by atoms with Crippen LogP contribution >= 0.6 is 11.5 Å². The van der Waals surface area contributed by atoms with E-state index < -0.39 is 0 Å². The Morgan fingerprint density at radius 2 is 2.11 bits per heavy atom. The van der Waals surface area contributed by atoms with Gasteiger partial charge in [-0.3, -0.25) is 4.79 Å². The summed E-state index contributed by atoms with van der Waals surface area (Å²) in [6, 6.07) is 0.0922. The molecular formula is C12H21N5OS. The molecular weight excluding hydrogens is 262 g/mol. The van der Waals surface area contributed by atoms with E-state index in [1.54, 1.807) is 0 Å². The normalized spacial score (nSPS) is 17.6. The number of carbonyl (C=O) groups excluding carboxylic acids is 1. The first-order valence-corrected chi connectivity index (χ1v) is 7.42. The van der Waals surface area contributed by atoms with Crippen LogP contribution in [0.4, 0.5) is 5.13 Å². The van der Waals surface area contributed by atoms with Crippen LogP contribution in [-0.2, 0) is 4.79 Å². The van der Waals surface area contributed by atoms with E-state index in [1.165, 1.54) is 11.5 Å². The second-order valence-corrected chi connectivity index (χ2v) is 5.74. The van der Waals surface area contributed by atoms with E-state index in [9.17, 15) is 4.79 Å². The lowest BCUT2D eigenvalue weighted by Crippen LogP contribution is -2.48. The molecule has 0 radical (unpaired) electrons. The van der Waals surface area contributed by atoms with Gasteiger partial charge in [-0.1, -0.05) is 0 Å². The highest BCUT2D eigenvalue weighted by molar-refractivity contribution is 7.09. The summed E-state index contributed by atoms with van der Waals surface area (Å²) in [6.07, 6.45) is 1.31. The maximum Gasteiger partial charge on any atom is 0.222 e. The first kappa shape index (κ1) is 14.2. The van der Waals surface area contributed by atoms with Crippen molar-refractivity contribution < 1.29 is 4.79 Å². The zero-order chi connectivity index (χ0) is 13.8. The molecule has 0 bridgehead atoms. The van der Waals surface area contributed by atoms with Gasteiger partial charge in [-0.05, 0) is 20.3 Å². The Morgan fingerprint density at radius 3 is 2.63 bits per heavy atom. The fraction of sp³-hybridized carbons (Fsp3) is 0.750. The van der Waals surface area contributed by atoms with Gasteiger partial charge in [0.25, 0.3) is 0 Å². The quantitative estimate of drug-likeness (QED) is 0.877. The zero-order valence-corrected chi connectivity index (χ0v) is 12.3. The van der Waals surface area contributed by atoms with Crippen LogP contribution in [0, 0.1) is 6.92 Å². The Bertz CT molecular complexity index is 426. The topological polar surface area (TPSA) is 75.4 Å². The Labute approximate surface area is 117 Å². The number of aromatic nitrogens is 2. The lowest BCUT2D eigenvalue weighted by molar-refractivity contribution is -0.131. The molecule has 1 amide bonds. The molecule has 6 nitrogen and oxygen atoms in total. The molecule has 1 unspecified atom stereocenters. The molecule has 2 heterocycles. The molecule has 1 atom stereocenters. The van der Waals surface area contributed by atoms with Gasteiger partial charge in [0.15, 0.2) is 0 Å². The van der Waals surface area contributed by atoms with Crippen molar-refractivity contribution >= 4 is 22.6 Å². The molecule has 1 aromatic heterocycles. The third kappa shape index (κ3) is 3.87. The Balaban J connectivity index is 1.80. The summed E-state index contributed by atoms with van der Waals surface area (Å²) in [6.45, 7) is 7.01. The molecule has 1 aliphatic rings. The molecule has 0 saturated carbocycles. The summed E-state index contributed by atoms with van der Waals surface area (Å²) in [4.78, 5) is 20.5. The predicted octanol–water partition coefficient (Wildman–Crippen LogP) is 0.623. The monoisotopic (exact) mass is 283 g/mol. The highest BCUT2D eigenvalue weighted by Gasteiger charge is 2.22. The van der Waals surface area contributed by atoms with Crippen molar-refractivity contribution in [2.75, 3.05) is 31.1 Å². The number of hydrogen-bond acceptors (Lipinski definition) is 6. The fourth-order valence-electron chi connectivity index (χ4n) is 2.07. The van der Waals surface area contributed by atoms with Gasteiger partial charge in [-0.25, -0.2) is 4.98 Å². The average molecular weight is 283 g/mol. The molecule has 1 aliphatic heterocycles. The smallest absolute Gasteiger partial charge is 0.222 e. The summed E-state index contributed by atoms with van der Waals surface area (Å²) in [5.74, 6) is 1.03. The summed E-state index contributed by atoms with van der Waals surface area (Å²) in [5.41, 5.74) is 5.68. The standard InChI is InChI=1S/C12H21N5OS/c1-9(13)3-4-11(18)16-5-7-17(8-6-16)12-14-10(2)15-19-12/h9H,3-8,13H2,1-2H3. The number of nitrogens with zero attached hydrogens (tertiary/aromatic N) is 4. The average Bonchev–Trinajstić information content (AvgIpc) is 2.83. The van der Waals surface area contributed by atoms with Crippen molar-refractivity contribution in [2.24, 2.45) is 5.73 Å². The largest absolute Gasteiger partial charge is 0.343 e. The maximum absolute atomic E-state index is 12.0. The third-order valence-corrected chi connectivity index (χ3v) is 4.10. The van der Waals surface area contributed by atoms with Crippen molar-refractivity contribution in [3.63, 3.8) is 0 Å². The summed E-state index contributed by atoms with van der Waals surface area (Å²) >= 11 is 1.42. The molecule has 1 fully saturated rings. The van der Waals surface area contributed by atoms with Gasteiger partial charge in [-0.15, -0.1) is 0 Å². The van der Waals surface area contributed by atoms with Crippen molar-refractivity contribution in [2.45, 2.75) is 32.7 Å². The minimum atomic E-state index is 0.0922. The van der Waals surface area contributed by atoms with Crippen LogP contribution in [0.25, 0.3) is 0 Å². The number of aryl methyl sites for hydroxylation is 1. The minimum Gasteiger partial charge on any atom is -0.343 e. The van der Waals surface area contributed by atoms with Gasteiger partial charge in [0, 0.05) is 50.2 Å². The number of hydrogen-bond donors (Lipinski definition) is 1. The molecule has 7 heteroatoms. The van der Waals surface area contributed by atoms with Gasteiger partial charge >= 0.3 is 0 Å². The molecule has 0 spiro atoms. The number of piperazine rings is 1.